The number of hydrogen-bond acceptors (Lipinski definition) is 4. The van der Waals surface area contributed by atoms with Crippen LogP contribution in [0.25, 0.3) is 0 Å². The zero-order valence-corrected chi connectivity index (χ0v) is 11.2. The van der Waals surface area contributed by atoms with Gasteiger partial charge in [-0.15, -0.1) is 0 Å². The minimum atomic E-state index is 0.434. The molecule has 1 unspecified atom stereocenters. The largest absolute Gasteiger partial charge is 0.493 e. The maximum absolute atomic E-state index is 5.35. The second-order valence-electron chi connectivity index (χ2n) is 3.77. The van der Waals surface area contributed by atoms with Crippen LogP contribution in [0, 0.1) is 0 Å². The average molecular weight is 256 g/mol. The fourth-order valence-corrected chi connectivity index (χ4v) is 3.11. The summed E-state index contributed by atoms with van der Waals surface area (Å²) in [6, 6.07) is 4.06. The summed E-state index contributed by atoms with van der Waals surface area (Å²) in [6.45, 7) is 1.16. The number of methoxy groups -OCH3 is 3. The summed E-state index contributed by atoms with van der Waals surface area (Å²) in [5, 5.41) is 2.76. The highest BCUT2D eigenvalue weighted by molar-refractivity contribution is 7.99. The first-order chi connectivity index (χ1) is 8.30. The molecule has 1 fully saturated rings. The van der Waals surface area contributed by atoms with Crippen molar-refractivity contribution in [2.45, 2.75) is 5.37 Å². The Kier molecular flexibility index (Phi) is 4.02. The van der Waals surface area contributed by atoms with Crippen LogP contribution in [0.4, 0.5) is 0 Å². The van der Waals surface area contributed by atoms with Crippen molar-refractivity contribution in [2.24, 2.45) is 0 Å². The predicted octanol–water partition coefficient (Wildman–Crippen LogP) is 1.02. The van der Waals surface area contributed by atoms with E-state index >= 15 is 0 Å². The van der Waals surface area contributed by atoms with Crippen molar-refractivity contribution < 1.29 is 19.5 Å². The Balaban J connectivity index is 2.40. The van der Waals surface area contributed by atoms with Gasteiger partial charge < -0.3 is 19.5 Å². The molecule has 0 bridgehead atoms. The fraction of sp³-hybridized carbons (Fsp3) is 0.500. The van der Waals surface area contributed by atoms with Crippen LogP contribution in [0.5, 0.6) is 17.2 Å². The lowest BCUT2D eigenvalue weighted by Crippen LogP contribution is -2.81. The van der Waals surface area contributed by atoms with Gasteiger partial charge in [0, 0.05) is 11.3 Å². The smallest absolute Gasteiger partial charge is 0.203 e. The van der Waals surface area contributed by atoms with Gasteiger partial charge in [0.1, 0.15) is 0 Å². The van der Waals surface area contributed by atoms with Gasteiger partial charge in [-0.3, -0.25) is 0 Å². The van der Waals surface area contributed by atoms with Gasteiger partial charge in [-0.05, 0) is 12.1 Å². The molecule has 1 aromatic carbocycles. The molecule has 1 saturated heterocycles. The second kappa shape index (κ2) is 5.51. The van der Waals surface area contributed by atoms with Crippen molar-refractivity contribution in [1.29, 1.82) is 0 Å². The van der Waals surface area contributed by atoms with E-state index in [1.54, 1.807) is 21.3 Å². The standard InChI is InChI=1S/C12H17NO3S/c1-14-9-6-8(12-13-4-5-17-12)7-10(15-2)11(9)16-3/h6-7,12-13H,4-5H2,1-3H3/p+1. The van der Waals surface area contributed by atoms with Gasteiger partial charge in [0.15, 0.2) is 16.9 Å². The minimum absolute atomic E-state index is 0.434. The van der Waals surface area contributed by atoms with Crippen molar-refractivity contribution in [2.75, 3.05) is 33.6 Å². The normalized spacial score (nSPS) is 19.1. The lowest BCUT2D eigenvalue weighted by atomic mass is 10.1. The number of thioether (sulfide) groups is 1. The van der Waals surface area contributed by atoms with Gasteiger partial charge in [-0.2, -0.15) is 0 Å². The first-order valence-corrected chi connectivity index (χ1v) is 6.60. The lowest BCUT2D eigenvalue weighted by molar-refractivity contribution is -0.663. The Labute approximate surface area is 106 Å². The third kappa shape index (κ3) is 2.45. The molecule has 1 aliphatic rings. The molecule has 0 radical (unpaired) electrons. The first kappa shape index (κ1) is 12.4. The molecular formula is C12H18NO3S+. The fourth-order valence-electron chi connectivity index (χ4n) is 1.98. The van der Waals surface area contributed by atoms with Crippen LogP contribution >= 0.6 is 11.8 Å². The van der Waals surface area contributed by atoms with Gasteiger partial charge >= 0.3 is 0 Å². The van der Waals surface area contributed by atoms with Crippen LogP contribution in [-0.2, 0) is 0 Å². The summed E-state index contributed by atoms with van der Waals surface area (Å²) in [5.74, 6) is 3.29. The minimum Gasteiger partial charge on any atom is -0.493 e. The number of benzene rings is 1. The number of ether oxygens (including phenoxy) is 3. The summed E-state index contributed by atoms with van der Waals surface area (Å²) in [5.41, 5.74) is 1.21. The van der Waals surface area contributed by atoms with Gasteiger partial charge in [-0.25, -0.2) is 0 Å². The van der Waals surface area contributed by atoms with E-state index in [4.69, 9.17) is 14.2 Å². The molecule has 17 heavy (non-hydrogen) atoms. The molecule has 2 rings (SSSR count). The SMILES string of the molecule is COc1cc(C2[NH2+]CCS2)cc(OC)c1OC. The van der Waals surface area contributed by atoms with E-state index in [9.17, 15) is 0 Å². The van der Waals surface area contributed by atoms with Crippen molar-refractivity contribution >= 4 is 11.8 Å². The van der Waals surface area contributed by atoms with E-state index in [0.717, 1.165) is 18.0 Å². The Morgan fingerprint density at radius 1 is 1.12 bits per heavy atom. The summed E-state index contributed by atoms with van der Waals surface area (Å²) in [6.07, 6.45) is 0. The molecule has 4 nitrogen and oxygen atoms in total. The zero-order valence-electron chi connectivity index (χ0n) is 10.4. The highest BCUT2D eigenvalue weighted by Gasteiger charge is 2.24. The number of quaternary nitrogens is 1. The first-order valence-electron chi connectivity index (χ1n) is 5.55. The van der Waals surface area contributed by atoms with Gasteiger partial charge in [0.25, 0.3) is 0 Å². The van der Waals surface area contributed by atoms with Crippen molar-refractivity contribution in [3.05, 3.63) is 17.7 Å². The number of hydrogen-bond donors (Lipinski definition) is 1. The summed E-state index contributed by atoms with van der Waals surface area (Å²) < 4.78 is 16.0. The second-order valence-corrected chi connectivity index (χ2v) is 5.02. The molecule has 94 valence electrons. The van der Waals surface area contributed by atoms with Crippen molar-refractivity contribution in [3.8, 4) is 17.2 Å². The molecule has 0 saturated carbocycles. The maximum atomic E-state index is 5.35. The molecule has 1 aliphatic heterocycles. The number of nitrogens with two attached hydrogens (primary N) is 1. The van der Waals surface area contributed by atoms with E-state index in [1.165, 1.54) is 11.3 Å². The van der Waals surface area contributed by atoms with Crippen LogP contribution < -0.4 is 19.5 Å². The summed E-state index contributed by atoms with van der Waals surface area (Å²) in [7, 11) is 4.91. The molecule has 2 N–H and O–H groups in total. The quantitative estimate of drug-likeness (QED) is 0.873. The van der Waals surface area contributed by atoms with Crippen molar-refractivity contribution in [3.63, 3.8) is 0 Å². The summed E-state index contributed by atoms with van der Waals surface area (Å²) in [4.78, 5) is 0. The topological polar surface area (TPSA) is 44.3 Å². The molecule has 0 spiro atoms. The van der Waals surface area contributed by atoms with Crippen LogP contribution in [0.2, 0.25) is 0 Å². The molecule has 1 atom stereocenters. The Bertz CT molecular complexity index is 366. The molecule has 0 amide bonds. The predicted molar refractivity (Wildman–Crippen MR) is 68.1 cm³/mol. The molecule has 0 aromatic heterocycles. The van der Waals surface area contributed by atoms with Crippen molar-refractivity contribution in [1.82, 2.24) is 0 Å². The Hall–Kier alpha value is -1.07. The average Bonchev–Trinajstić information content (AvgIpc) is 2.90. The van der Waals surface area contributed by atoms with Gasteiger partial charge in [0.05, 0.1) is 27.9 Å². The van der Waals surface area contributed by atoms with Gasteiger partial charge in [0.2, 0.25) is 5.75 Å². The molecule has 0 aliphatic carbocycles. The van der Waals surface area contributed by atoms with Crippen LogP contribution in [0.1, 0.15) is 10.9 Å². The van der Waals surface area contributed by atoms with Crippen LogP contribution in [-0.4, -0.2) is 33.6 Å². The van der Waals surface area contributed by atoms with E-state index in [-0.39, 0.29) is 0 Å². The molecule has 1 aromatic rings. The third-order valence-electron chi connectivity index (χ3n) is 2.81. The molecular weight excluding hydrogens is 238 g/mol. The highest BCUT2D eigenvalue weighted by atomic mass is 32.2. The van der Waals surface area contributed by atoms with E-state index in [1.807, 2.05) is 23.9 Å². The van der Waals surface area contributed by atoms with E-state index in [2.05, 4.69) is 5.32 Å². The van der Waals surface area contributed by atoms with E-state index in [0.29, 0.717) is 11.1 Å². The zero-order chi connectivity index (χ0) is 12.3. The Morgan fingerprint density at radius 3 is 2.18 bits per heavy atom. The molecule has 5 heteroatoms. The summed E-state index contributed by atoms with van der Waals surface area (Å²) >= 11 is 1.94. The lowest BCUT2D eigenvalue weighted by Gasteiger charge is -2.15. The van der Waals surface area contributed by atoms with Crippen LogP contribution in [0.15, 0.2) is 12.1 Å². The highest BCUT2D eigenvalue weighted by Crippen LogP contribution is 2.41. The third-order valence-corrected chi connectivity index (χ3v) is 4.11. The van der Waals surface area contributed by atoms with E-state index < -0.39 is 0 Å². The molecule has 1 heterocycles. The van der Waals surface area contributed by atoms with Gasteiger partial charge in [-0.1, -0.05) is 11.8 Å². The number of rotatable bonds is 4. The maximum Gasteiger partial charge on any atom is 0.203 e. The Morgan fingerprint density at radius 2 is 1.76 bits per heavy atom. The monoisotopic (exact) mass is 256 g/mol. The van der Waals surface area contributed by atoms with Crippen LogP contribution in [0.3, 0.4) is 0 Å².